The fourth-order valence-corrected chi connectivity index (χ4v) is 3.66. The van der Waals surface area contributed by atoms with Crippen molar-refractivity contribution in [2.45, 2.75) is 44.6 Å². The minimum atomic E-state index is 0.483. The first-order valence-electron chi connectivity index (χ1n) is 10.7. The molecule has 2 N–H and O–H groups in total. The second kappa shape index (κ2) is 11.4. The van der Waals surface area contributed by atoms with E-state index in [0.29, 0.717) is 6.04 Å². The molecule has 0 aliphatic heterocycles. The normalized spacial score (nSPS) is 18.6. The molecule has 1 aromatic carbocycles. The number of benzene rings is 1. The van der Waals surface area contributed by atoms with Crippen LogP contribution >= 0.6 is 0 Å². The van der Waals surface area contributed by atoms with Gasteiger partial charge in [-0.1, -0.05) is 30.0 Å². The maximum Gasteiger partial charge on any atom is 0.224 e. The standard InChI is InChI=1S/C24H33N5/c1-29(2)23-16-18-26-24(28-23)27-22-14-12-21(13-15-22)19-25-17-8-4-7-11-20-9-5-3-6-10-20/h3,5-6,9-10,16,18,21-22,25H,4,8,12-15,17,19H2,1-2H3,(H,26,27,28)/t21-,22+. The van der Waals surface area contributed by atoms with E-state index in [2.05, 4.69) is 44.6 Å². The van der Waals surface area contributed by atoms with Gasteiger partial charge in [0.1, 0.15) is 5.82 Å². The van der Waals surface area contributed by atoms with Gasteiger partial charge in [0.2, 0.25) is 5.95 Å². The highest BCUT2D eigenvalue weighted by Gasteiger charge is 2.21. The van der Waals surface area contributed by atoms with E-state index in [9.17, 15) is 0 Å². The minimum Gasteiger partial charge on any atom is -0.363 e. The van der Waals surface area contributed by atoms with E-state index < -0.39 is 0 Å². The molecular weight excluding hydrogens is 358 g/mol. The number of aromatic nitrogens is 2. The lowest BCUT2D eigenvalue weighted by molar-refractivity contribution is 0.324. The summed E-state index contributed by atoms with van der Waals surface area (Å²) in [6.45, 7) is 2.16. The highest BCUT2D eigenvalue weighted by Crippen LogP contribution is 2.25. The largest absolute Gasteiger partial charge is 0.363 e. The van der Waals surface area contributed by atoms with Crippen molar-refractivity contribution in [1.29, 1.82) is 0 Å². The van der Waals surface area contributed by atoms with Crippen LogP contribution in [0, 0.1) is 17.8 Å². The predicted octanol–water partition coefficient (Wildman–Crippen LogP) is 3.93. The summed E-state index contributed by atoms with van der Waals surface area (Å²) in [6.07, 6.45) is 8.76. The Kier molecular flexibility index (Phi) is 8.33. The molecule has 1 aliphatic rings. The summed E-state index contributed by atoms with van der Waals surface area (Å²) in [5, 5.41) is 7.14. The second-order valence-electron chi connectivity index (χ2n) is 7.97. The number of anilines is 2. The zero-order valence-electron chi connectivity index (χ0n) is 17.7. The summed E-state index contributed by atoms with van der Waals surface area (Å²) in [6, 6.07) is 12.6. The van der Waals surface area contributed by atoms with Gasteiger partial charge in [0.25, 0.3) is 0 Å². The van der Waals surface area contributed by atoms with Crippen molar-refractivity contribution in [3.8, 4) is 11.8 Å². The Labute approximate surface area is 175 Å². The van der Waals surface area contributed by atoms with Crippen LogP contribution in [-0.4, -0.2) is 43.2 Å². The topological polar surface area (TPSA) is 53.1 Å². The van der Waals surface area contributed by atoms with Crippen molar-refractivity contribution in [1.82, 2.24) is 15.3 Å². The lowest BCUT2D eigenvalue weighted by Crippen LogP contribution is -2.32. The lowest BCUT2D eigenvalue weighted by Gasteiger charge is -2.29. The molecule has 0 spiro atoms. The van der Waals surface area contributed by atoms with E-state index in [4.69, 9.17) is 0 Å². The molecule has 1 aliphatic carbocycles. The van der Waals surface area contributed by atoms with Crippen LogP contribution in [0.3, 0.4) is 0 Å². The molecule has 5 nitrogen and oxygen atoms in total. The van der Waals surface area contributed by atoms with Crippen LogP contribution < -0.4 is 15.5 Å². The average molecular weight is 392 g/mol. The Balaban J connectivity index is 1.27. The second-order valence-corrected chi connectivity index (χ2v) is 7.97. The van der Waals surface area contributed by atoms with Crippen LogP contribution in [0.25, 0.3) is 0 Å². The maximum absolute atomic E-state index is 4.57. The van der Waals surface area contributed by atoms with Gasteiger partial charge in [-0.2, -0.15) is 4.98 Å². The van der Waals surface area contributed by atoms with Crippen LogP contribution in [0.2, 0.25) is 0 Å². The van der Waals surface area contributed by atoms with E-state index in [1.54, 1.807) is 0 Å². The van der Waals surface area contributed by atoms with E-state index in [1.807, 2.05) is 49.5 Å². The molecule has 1 fully saturated rings. The number of hydrogen-bond donors (Lipinski definition) is 2. The molecule has 0 unspecified atom stereocenters. The van der Waals surface area contributed by atoms with Crippen LogP contribution in [0.1, 0.15) is 44.1 Å². The fourth-order valence-electron chi connectivity index (χ4n) is 3.66. The predicted molar refractivity (Wildman–Crippen MR) is 121 cm³/mol. The Morgan fingerprint density at radius 1 is 1.07 bits per heavy atom. The molecule has 1 aromatic heterocycles. The first kappa shape index (κ1) is 21.1. The monoisotopic (exact) mass is 391 g/mol. The SMILES string of the molecule is CN(C)c1ccnc(N[C@H]2CC[C@@H](CNCCCC#Cc3ccccc3)CC2)n1. The van der Waals surface area contributed by atoms with E-state index in [-0.39, 0.29) is 0 Å². The van der Waals surface area contributed by atoms with Gasteiger partial charge in [-0.25, -0.2) is 4.98 Å². The molecule has 0 saturated heterocycles. The van der Waals surface area contributed by atoms with Gasteiger partial charge < -0.3 is 15.5 Å². The van der Waals surface area contributed by atoms with Gasteiger partial charge >= 0.3 is 0 Å². The first-order valence-corrected chi connectivity index (χ1v) is 10.7. The van der Waals surface area contributed by atoms with Gasteiger partial charge in [0.15, 0.2) is 0 Å². The van der Waals surface area contributed by atoms with E-state index in [0.717, 1.165) is 49.2 Å². The number of nitrogens with one attached hydrogen (secondary N) is 2. The molecule has 1 saturated carbocycles. The van der Waals surface area contributed by atoms with Crippen LogP contribution in [0.15, 0.2) is 42.6 Å². The van der Waals surface area contributed by atoms with Crippen LogP contribution in [0.5, 0.6) is 0 Å². The average Bonchev–Trinajstić information content (AvgIpc) is 2.75. The Hall–Kier alpha value is -2.58. The van der Waals surface area contributed by atoms with Crippen molar-refractivity contribution in [3.63, 3.8) is 0 Å². The Morgan fingerprint density at radius 3 is 2.62 bits per heavy atom. The zero-order chi connectivity index (χ0) is 20.3. The number of hydrogen-bond acceptors (Lipinski definition) is 5. The zero-order valence-corrected chi connectivity index (χ0v) is 17.7. The van der Waals surface area contributed by atoms with Gasteiger partial charge in [0, 0.05) is 38.3 Å². The molecule has 154 valence electrons. The summed E-state index contributed by atoms with van der Waals surface area (Å²) in [7, 11) is 4.00. The molecule has 2 aromatic rings. The van der Waals surface area contributed by atoms with Gasteiger partial charge in [-0.3, -0.25) is 0 Å². The third-order valence-electron chi connectivity index (χ3n) is 5.37. The maximum atomic E-state index is 4.57. The van der Waals surface area contributed by atoms with Crippen molar-refractivity contribution in [2.24, 2.45) is 5.92 Å². The summed E-state index contributed by atoms with van der Waals surface area (Å²) in [4.78, 5) is 10.9. The van der Waals surface area contributed by atoms with Crippen molar-refractivity contribution < 1.29 is 0 Å². The number of rotatable bonds is 8. The van der Waals surface area contributed by atoms with Gasteiger partial charge in [0.05, 0.1) is 0 Å². The first-order chi connectivity index (χ1) is 14.2. The summed E-state index contributed by atoms with van der Waals surface area (Å²) in [5.74, 6) is 8.95. The Morgan fingerprint density at radius 2 is 1.86 bits per heavy atom. The molecule has 0 amide bonds. The van der Waals surface area contributed by atoms with E-state index in [1.165, 1.54) is 25.7 Å². The summed E-state index contributed by atoms with van der Waals surface area (Å²) >= 11 is 0. The lowest BCUT2D eigenvalue weighted by atomic mass is 9.86. The molecule has 0 bridgehead atoms. The molecule has 0 radical (unpaired) electrons. The fraction of sp³-hybridized carbons (Fsp3) is 0.500. The quantitative estimate of drug-likeness (QED) is 0.527. The molecular formula is C24H33N5. The third kappa shape index (κ3) is 7.40. The molecule has 5 heteroatoms. The highest BCUT2D eigenvalue weighted by atomic mass is 15.2. The molecule has 3 rings (SSSR count). The minimum absolute atomic E-state index is 0.483. The van der Waals surface area contributed by atoms with Crippen molar-refractivity contribution in [3.05, 3.63) is 48.2 Å². The van der Waals surface area contributed by atoms with Crippen LogP contribution in [0.4, 0.5) is 11.8 Å². The van der Waals surface area contributed by atoms with Crippen LogP contribution in [-0.2, 0) is 0 Å². The number of nitrogens with zero attached hydrogens (tertiary/aromatic N) is 3. The summed E-state index contributed by atoms with van der Waals surface area (Å²) in [5.41, 5.74) is 1.10. The summed E-state index contributed by atoms with van der Waals surface area (Å²) < 4.78 is 0. The van der Waals surface area contributed by atoms with Gasteiger partial charge in [-0.05, 0) is 69.3 Å². The van der Waals surface area contributed by atoms with Crippen molar-refractivity contribution >= 4 is 11.8 Å². The van der Waals surface area contributed by atoms with E-state index >= 15 is 0 Å². The third-order valence-corrected chi connectivity index (χ3v) is 5.37. The molecule has 0 atom stereocenters. The smallest absolute Gasteiger partial charge is 0.224 e. The number of unbranched alkanes of at least 4 members (excludes halogenated alkanes) is 1. The highest BCUT2D eigenvalue weighted by molar-refractivity contribution is 5.41. The molecule has 29 heavy (non-hydrogen) atoms. The van der Waals surface area contributed by atoms with Crippen molar-refractivity contribution in [2.75, 3.05) is 37.4 Å². The Bertz CT molecular complexity index is 786. The molecule has 1 heterocycles. The van der Waals surface area contributed by atoms with Gasteiger partial charge in [-0.15, -0.1) is 0 Å².